The van der Waals surface area contributed by atoms with Crippen molar-refractivity contribution in [2.75, 3.05) is 32.8 Å². The van der Waals surface area contributed by atoms with Crippen molar-refractivity contribution >= 4 is 0 Å². The average molecular weight is 170 g/mol. The fourth-order valence-corrected chi connectivity index (χ4v) is 1.72. The zero-order valence-electron chi connectivity index (χ0n) is 7.51. The highest BCUT2D eigenvalue weighted by atomic mass is 16.5. The summed E-state index contributed by atoms with van der Waals surface area (Å²) < 4.78 is 5.31. The lowest BCUT2D eigenvalue weighted by Gasteiger charge is -2.31. The van der Waals surface area contributed by atoms with Gasteiger partial charge < -0.3 is 15.4 Å². The van der Waals surface area contributed by atoms with Gasteiger partial charge in [-0.25, -0.2) is 0 Å². The van der Waals surface area contributed by atoms with E-state index in [-0.39, 0.29) is 0 Å². The molecule has 0 bridgehead atoms. The van der Waals surface area contributed by atoms with Crippen molar-refractivity contribution in [2.24, 2.45) is 5.92 Å². The Morgan fingerprint density at radius 1 is 1.25 bits per heavy atom. The standard InChI is InChI=1S/C9H18N2O/c1-3-12-4-2-8(1)5-11-9-6-10-7-9/h8-11H,1-7H2. The zero-order valence-corrected chi connectivity index (χ0v) is 7.51. The van der Waals surface area contributed by atoms with Crippen LogP contribution in [0.3, 0.4) is 0 Å². The first-order valence-electron chi connectivity index (χ1n) is 4.97. The molecular formula is C9H18N2O. The van der Waals surface area contributed by atoms with Gasteiger partial charge in [0.15, 0.2) is 0 Å². The van der Waals surface area contributed by atoms with Gasteiger partial charge in [0.25, 0.3) is 0 Å². The van der Waals surface area contributed by atoms with Crippen molar-refractivity contribution in [3.63, 3.8) is 0 Å². The molecule has 0 saturated carbocycles. The predicted octanol–water partition coefficient (Wildman–Crippen LogP) is -0.0256. The molecule has 0 atom stereocenters. The lowest BCUT2D eigenvalue weighted by atomic mass is 9.99. The smallest absolute Gasteiger partial charge is 0.0469 e. The van der Waals surface area contributed by atoms with E-state index in [1.807, 2.05) is 0 Å². The Bertz CT molecular complexity index is 130. The Balaban J connectivity index is 1.58. The number of nitrogens with one attached hydrogen (secondary N) is 2. The summed E-state index contributed by atoms with van der Waals surface area (Å²) in [5, 5.41) is 6.83. The molecule has 0 aromatic heterocycles. The quantitative estimate of drug-likeness (QED) is 0.624. The van der Waals surface area contributed by atoms with E-state index in [2.05, 4.69) is 10.6 Å². The molecule has 0 unspecified atom stereocenters. The Kier molecular flexibility index (Phi) is 2.98. The summed E-state index contributed by atoms with van der Waals surface area (Å²) in [4.78, 5) is 0. The molecule has 0 radical (unpaired) electrons. The van der Waals surface area contributed by atoms with E-state index in [9.17, 15) is 0 Å². The maximum Gasteiger partial charge on any atom is 0.0469 e. The van der Waals surface area contributed by atoms with Crippen LogP contribution in [0.25, 0.3) is 0 Å². The van der Waals surface area contributed by atoms with Crippen LogP contribution in [0.5, 0.6) is 0 Å². The number of rotatable bonds is 3. The SMILES string of the molecule is C1CC(CNC2CNC2)CCO1. The van der Waals surface area contributed by atoms with Crippen LogP contribution in [-0.2, 0) is 4.74 Å². The molecule has 2 aliphatic rings. The summed E-state index contributed by atoms with van der Waals surface area (Å²) >= 11 is 0. The first-order valence-corrected chi connectivity index (χ1v) is 4.97. The summed E-state index contributed by atoms with van der Waals surface area (Å²) in [6.45, 7) is 5.44. The molecule has 0 aromatic rings. The van der Waals surface area contributed by atoms with Gasteiger partial charge in [-0.1, -0.05) is 0 Å². The summed E-state index contributed by atoms with van der Waals surface area (Å²) in [5.74, 6) is 0.861. The van der Waals surface area contributed by atoms with Crippen LogP contribution in [0.1, 0.15) is 12.8 Å². The van der Waals surface area contributed by atoms with E-state index < -0.39 is 0 Å². The van der Waals surface area contributed by atoms with Crippen LogP contribution in [-0.4, -0.2) is 38.9 Å². The Morgan fingerprint density at radius 3 is 2.58 bits per heavy atom. The van der Waals surface area contributed by atoms with Crippen molar-refractivity contribution < 1.29 is 4.74 Å². The third-order valence-corrected chi connectivity index (χ3v) is 2.82. The normalized spacial score (nSPS) is 27.0. The first kappa shape index (κ1) is 8.48. The van der Waals surface area contributed by atoms with Crippen molar-refractivity contribution in [1.29, 1.82) is 0 Å². The molecule has 3 nitrogen and oxygen atoms in total. The maximum absolute atomic E-state index is 5.31. The second-order valence-corrected chi connectivity index (χ2v) is 3.82. The van der Waals surface area contributed by atoms with Crippen molar-refractivity contribution in [2.45, 2.75) is 18.9 Å². The molecule has 2 fully saturated rings. The van der Waals surface area contributed by atoms with Crippen LogP contribution in [0.2, 0.25) is 0 Å². The largest absolute Gasteiger partial charge is 0.381 e. The summed E-state index contributed by atoms with van der Waals surface area (Å²) in [6, 6.07) is 0.743. The summed E-state index contributed by atoms with van der Waals surface area (Å²) in [7, 11) is 0. The van der Waals surface area contributed by atoms with Crippen LogP contribution < -0.4 is 10.6 Å². The second kappa shape index (κ2) is 4.21. The molecule has 2 heterocycles. The van der Waals surface area contributed by atoms with E-state index in [0.717, 1.165) is 38.3 Å². The highest BCUT2D eigenvalue weighted by molar-refractivity contribution is 4.82. The Morgan fingerprint density at radius 2 is 2.00 bits per heavy atom. The molecule has 0 amide bonds. The van der Waals surface area contributed by atoms with Gasteiger partial charge in [0.2, 0.25) is 0 Å². The van der Waals surface area contributed by atoms with Gasteiger partial charge in [0.1, 0.15) is 0 Å². The molecule has 2 rings (SSSR count). The van der Waals surface area contributed by atoms with E-state index >= 15 is 0 Å². The predicted molar refractivity (Wildman–Crippen MR) is 48.2 cm³/mol. The second-order valence-electron chi connectivity index (χ2n) is 3.82. The Hall–Kier alpha value is -0.120. The third kappa shape index (κ3) is 2.19. The fourth-order valence-electron chi connectivity index (χ4n) is 1.72. The van der Waals surface area contributed by atoms with Crippen molar-refractivity contribution in [1.82, 2.24) is 10.6 Å². The van der Waals surface area contributed by atoms with Gasteiger partial charge in [0.05, 0.1) is 0 Å². The van der Waals surface area contributed by atoms with E-state index in [1.54, 1.807) is 0 Å². The lowest BCUT2D eigenvalue weighted by Crippen LogP contribution is -2.56. The first-order chi connectivity index (χ1) is 5.95. The summed E-state index contributed by atoms with van der Waals surface area (Å²) in [6.07, 6.45) is 2.49. The maximum atomic E-state index is 5.31. The third-order valence-electron chi connectivity index (χ3n) is 2.82. The molecule has 0 aliphatic carbocycles. The molecule has 70 valence electrons. The number of ether oxygens (including phenoxy) is 1. The minimum Gasteiger partial charge on any atom is -0.381 e. The van der Waals surface area contributed by atoms with Gasteiger partial charge in [0, 0.05) is 32.3 Å². The minimum absolute atomic E-state index is 0.743. The molecule has 2 aliphatic heterocycles. The van der Waals surface area contributed by atoms with E-state index in [4.69, 9.17) is 4.74 Å². The number of hydrogen-bond acceptors (Lipinski definition) is 3. The van der Waals surface area contributed by atoms with E-state index in [0.29, 0.717) is 0 Å². The van der Waals surface area contributed by atoms with Gasteiger partial charge in [-0.3, -0.25) is 0 Å². The van der Waals surface area contributed by atoms with Crippen LogP contribution in [0.15, 0.2) is 0 Å². The van der Waals surface area contributed by atoms with Crippen molar-refractivity contribution in [3.05, 3.63) is 0 Å². The molecule has 3 heteroatoms. The van der Waals surface area contributed by atoms with Crippen LogP contribution >= 0.6 is 0 Å². The van der Waals surface area contributed by atoms with Gasteiger partial charge in [-0.05, 0) is 25.3 Å². The molecule has 0 spiro atoms. The van der Waals surface area contributed by atoms with E-state index in [1.165, 1.54) is 19.4 Å². The van der Waals surface area contributed by atoms with Crippen molar-refractivity contribution in [3.8, 4) is 0 Å². The van der Waals surface area contributed by atoms with Gasteiger partial charge in [-0.15, -0.1) is 0 Å². The lowest BCUT2D eigenvalue weighted by molar-refractivity contribution is 0.0648. The summed E-state index contributed by atoms with van der Waals surface area (Å²) in [5.41, 5.74) is 0. The molecule has 2 saturated heterocycles. The monoisotopic (exact) mass is 170 g/mol. The fraction of sp³-hybridized carbons (Fsp3) is 1.00. The molecular weight excluding hydrogens is 152 g/mol. The van der Waals surface area contributed by atoms with Gasteiger partial charge in [-0.2, -0.15) is 0 Å². The highest BCUT2D eigenvalue weighted by Crippen LogP contribution is 2.13. The van der Waals surface area contributed by atoms with Crippen LogP contribution in [0, 0.1) is 5.92 Å². The van der Waals surface area contributed by atoms with Gasteiger partial charge >= 0.3 is 0 Å². The highest BCUT2D eigenvalue weighted by Gasteiger charge is 2.19. The number of hydrogen-bond donors (Lipinski definition) is 2. The topological polar surface area (TPSA) is 33.3 Å². The molecule has 0 aromatic carbocycles. The Labute approximate surface area is 73.9 Å². The minimum atomic E-state index is 0.743. The molecule has 2 N–H and O–H groups in total. The average Bonchev–Trinajstić information content (AvgIpc) is 2.04. The van der Waals surface area contributed by atoms with Crippen LogP contribution in [0.4, 0.5) is 0 Å². The molecule has 12 heavy (non-hydrogen) atoms. The zero-order chi connectivity index (χ0) is 8.23.